The second kappa shape index (κ2) is 14.5. The lowest BCUT2D eigenvalue weighted by molar-refractivity contribution is -0.144. The Morgan fingerprint density at radius 3 is 1.81 bits per heavy atom. The van der Waals surface area contributed by atoms with Crippen molar-refractivity contribution in [2.75, 3.05) is 19.8 Å². The number of carbonyl (C=O) groups excluding carboxylic acids is 4. The molecule has 16 nitrogen and oxygen atoms in total. The van der Waals surface area contributed by atoms with Crippen LogP contribution >= 0.6 is 0 Å². The fourth-order valence-corrected chi connectivity index (χ4v) is 2.27. The Labute approximate surface area is 182 Å². The lowest BCUT2D eigenvalue weighted by Gasteiger charge is -2.24. The van der Waals surface area contributed by atoms with Crippen molar-refractivity contribution in [3.8, 4) is 0 Å². The van der Waals surface area contributed by atoms with Crippen molar-refractivity contribution in [1.29, 1.82) is 0 Å². The van der Waals surface area contributed by atoms with Crippen molar-refractivity contribution in [3.05, 3.63) is 0 Å². The van der Waals surface area contributed by atoms with E-state index in [0.717, 1.165) is 0 Å². The second-order valence-corrected chi connectivity index (χ2v) is 6.61. The fraction of sp³-hybridized carbons (Fsp3) is 0.625. The summed E-state index contributed by atoms with van der Waals surface area (Å²) in [4.78, 5) is 62.6. The molecule has 4 atom stereocenters. The number of rotatable bonds is 15. The van der Waals surface area contributed by atoms with E-state index in [-0.39, 0.29) is 25.3 Å². The predicted molar refractivity (Wildman–Crippen MR) is 109 cm³/mol. The number of carboxylic acids is 1. The van der Waals surface area contributed by atoms with Crippen molar-refractivity contribution >= 4 is 35.6 Å². The molecule has 182 valence electrons. The maximum absolute atomic E-state index is 12.6. The summed E-state index contributed by atoms with van der Waals surface area (Å²) >= 11 is 0. The quantitative estimate of drug-likeness (QED) is 0.0619. The smallest absolute Gasteiger partial charge is 0.326 e. The van der Waals surface area contributed by atoms with Crippen LogP contribution in [0, 0.1) is 0 Å². The number of aliphatic carboxylic acids is 1. The molecule has 0 rings (SSSR count). The van der Waals surface area contributed by atoms with E-state index in [1.165, 1.54) is 0 Å². The number of hydrogen-bond acceptors (Lipinski definition) is 9. The van der Waals surface area contributed by atoms with Crippen LogP contribution < -0.4 is 38.9 Å². The number of amides is 4. The zero-order valence-electron chi connectivity index (χ0n) is 17.2. The van der Waals surface area contributed by atoms with E-state index in [1.54, 1.807) is 0 Å². The van der Waals surface area contributed by atoms with Crippen molar-refractivity contribution < 1.29 is 39.3 Å². The van der Waals surface area contributed by atoms with E-state index in [2.05, 4.69) is 15.6 Å². The first kappa shape index (κ1) is 28.5. The first-order chi connectivity index (χ1) is 14.9. The Morgan fingerprint density at radius 1 is 0.812 bits per heavy atom. The summed E-state index contributed by atoms with van der Waals surface area (Å²) in [6.45, 7) is -1.50. The molecule has 0 aliphatic heterocycles. The van der Waals surface area contributed by atoms with Gasteiger partial charge >= 0.3 is 5.97 Å². The minimum absolute atomic E-state index is 0.00824. The van der Waals surface area contributed by atoms with Crippen LogP contribution in [0.5, 0.6) is 0 Å². The van der Waals surface area contributed by atoms with Gasteiger partial charge in [-0.05, 0) is 12.8 Å². The minimum Gasteiger partial charge on any atom is -0.480 e. The van der Waals surface area contributed by atoms with Crippen LogP contribution in [0.4, 0.5) is 0 Å². The average molecular weight is 462 g/mol. The third kappa shape index (κ3) is 11.0. The number of nitrogens with two attached hydrogens (primary N) is 4. The number of aliphatic imine (C=N–C) groups is 1. The summed E-state index contributed by atoms with van der Waals surface area (Å²) in [5.41, 5.74) is 20.8. The molecule has 0 aliphatic rings. The number of carbonyl (C=O) groups is 5. The van der Waals surface area contributed by atoms with Crippen LogP contribution in [0.1, 0.15) is 19.3 Å². The van der Waals surface area contributed by atoms with Crippen molar-refractivity contribution in [2.45, 2.75) is 43.4 Å². The van der Waals surface area contributed by atoms with Crippen molar-refractivity contribution in [2.24, 2.45) is 27.9 Å². The Kier molecular flexibility index (Phi) is 12.9. The number of nitrogens with zero attached hydrogens (tertiary/aromatic N) is 1. The summed E-state index contributed by atoms with van der Waals surface area (Å²) in [6, 6.07) is -5.86. The van der Waals surface area contributed by atoms with E-state index in [9.17, 15) is 29.1 Å². The van der Waals surface area contributed by atoms with Crippen LogP contribution in [0.15, 0.2) is 4.99 Å². The number of carboxylic acid groups (broad SMARTS) is 1. The van der Waals surface area contributed by atoms with E-state index in [0.29, 0.717) is 0 Å². The average Bonchev–Trinajstić information content (AvgIpc) is 2.71. The zero-order valence-corrected chi connectivity index (χ0v) is 17.2. The van der Waals surface area contributed by atoms with Crippen molar-refractivity contribution in [1.82, 2.24) is 16.0 Å². The summed E-state index contributed by atoms with van der Waals surface area (Å²) in [5, 5.41) is 33.9. The van der Waals surface area contributed by atoms with Gasteiger partial charge < -0.3 is 54.2 Å². The molecule has 14 N–H and O–H groups in total. The lowest BCUT2D eigenvalue weighted by atomic mass is 10.1. The second-order valence-electron chi connectivity index (χ2n) is 6.61. The Morgan fingerprint density at radius 2 is 1.34 bits per heavy atom. The lowest BCUT2D eigenvalue weighted by Crippen LogP contribution is -2.58. The highest BCUT2D eigenvalue weighted by Crippen LogP contribution is 2.01. The molecule has 0 aliphatic carbocycles. The van der Waals surface area contributed by atoms with Gasteiger partial charge in [-0.25, -0.2) is 4.79 Å². The topological polar surface area (TPSA) is 299 Å². The molecular formula is C16H30N8O8. The largest absolute Gasteiger partial charge is 0.480 e. The van der Waals surface area contributed by atoms with E-state index in [1.807, 2.05) is 5.32 Å². The molecule has 4 amide bonds. The third-order valence-corrected chi connectivity index (χ3v) is 3.95. The molecule has 16 heteroatoms. The van der Waals surface area contributed by atoms with Crippen molar-refractivity contribution in [3.63, 3.8) is 0 Å². The summed E-state index contributed by atoms with van der Waals surface area (Å²) in [6.07, 6.45) is -0.498. The van der Waals surface area contributed by atoms with Crippen LogP contribution in [-0.4, -0.2) is 94.8 Å². The van der Waals surface area contributed by atoms with Gasteiger partial charge in [-0.3, -0.25) is 24.2 Å². The van der Waals surface area contributed by atoms with Gasteiger partial charge in [0.25, 0.3) is 0 Å². The molecule has 0 aromatic carbocycles. The first-order valence-corrected chi connectivity index (χ1v) is 9.37. The molecule has 0 aromatic rings. The van der Waals surface area contributed by atoms with Crippen LogP contribution in [0.2, 0.25) is 0 Å². The monoisotopic (exact) mass is 462 g/mol. The van der Waals surface area contributed by atoms with Crippen LogP contribution in [-0.2, 0) is 24.0 Å². The van der Waals surface area contributed by atoms with Gasteiger partial charge in [0.05, 0.1) is 19.6 Å². The molecule has 0 radical (unpaired) electrons. The highest BCUT2D eigenvalue weighted by molar-refractivity contribution is 5.94. The van der Waals surface area contributed by atoms with Gasteiger partial charge in [-0.1, -0.05) is 0 Å². The standard InChI is InChI=1S/C16H30N8O8/c17-7(5-25)12(28)22-8(2-1-3-21-16(19)20)13(29)24-10(6-26)14(30)23-9(15(31)32)4-11(18)27/h7-10,25-26H,1-6,17H2,(H2,18,27)(H,22,28)(H,23,30)(H,24,29)(H,31,32)(H4,19,20,21). The molecule has 0 saturated carbocycles. The minimum atomic E-state index is -1.68. The molecule has 32 heavy (non-hydrogen) atoms. The Bertz CT molecular complexity index is 712. The number of guanidine groups is 1. The van der Waals surface area contributed by atoms with E-state index < -0.39 is 73.4 Å². The van der Waals surface area contributed by atoms with Gasteiger partial charge in [-0.15, -0.1) is 0 Å². The normalized spacial score (nSPS) is 14.2. The third-order valence-electron chi connectivity index (χ3n) is 3.95. The maximum Gasteiger partial charge on any atom is 0.326 e. The number of primary amides is 1. The number of hydrogen-bond donors (Lipinski definition) is 10. The first-order valence-electron chi connectivity index (χ1n) is 9.37. The molecular weight excluding hydrogens is 432 g/mol. The summed E-state index contributed by atoms with van der Waals surface area (Å²) in [5.74, 6) is -5.60. The van der Waals surface area contributed by atoms with Crippen LogP contribution in [0.25, 0.3) is 0 Å². The number of aliphatic hydroxyl groups is 2. The Balaban J connectivity index is 5.28. The fourth-order valence-electron chi connectivity index (χ4n) is 2.27. The zero-order chi connectivity index (χ0) is 24.8. The highest BCUT2D eigenvalue weighted by Gasteiger charge is 2.30. The maximum atomic E-state index is 12.6. The van der Waals surface area contributed by atoms with Gasteiger partial charge in [0.1, 0.15) is 24.2 Å². The van der Waals surface area contributed by atoms with Gasteiger partial charge in [0.15, 0.2) is 5.96 Å². The number of nitrogens with one attached hydrogen (secondary N) is 3. The molecule has 0 aromatic heterocycles. The molecule has 4 unspecified atom stereocenters. The molecule has 0 fully saturated rings. The SMILES string of the molecule is NC(=O)CC(NC(=O)C(CO)NC(=O)C(CCCN=C(N)N)NC(=O)C(N)CO)C(=O)O. The van der Waals surface area contributed by atoms with Crippen LogP contribution in [0.3, 0.4) is 0 Å². The summed E-state index contributed by atoms with van der Waals surface area (Å²) in [7, 11) is 0. The highest BCUT2D eigenvalue weighted by atomic mass is 16.4. The molecule has 0 bridgehead atoms. The van der Waals surface area contributed by atoms with Gasteiger partial charge in [-0.2, -0.15) is 0 Å². The molecule has 0 heterocycles. The predicted octanol–water partition coefficient (Wildman–Crippen LogP) is -6.23. The van der Waals surface area contributed by atoms with E-state index >= 15 is 0 Å². The van der Waals surface area contributed by atoms with Gasteiger partial charge in [0, 0.05) is 6.54 Å². The molecule has 0 saturated heterocycles. The van der Waals surface area contributed by atoms with E-state index in [4.69, 9.17) is 33.1 Å². The molecule has 0 spiro atoms. The number of aliphatic hydroxyl groups excluding tert-OH is 2. The Hall–Kier alpha value is -3.50. The van der Waals surface area contributed by atoms with Gasteiger partial charge in [0.2, 0.25) is 23.6 Å². The summed E-state index contributed by atoms with van der Waals surface area (Å²) < 4.78 is 0.